The van der Waals surface area contributed by atoms with E-state index in [1.165, 1.54) is 0 Å². The van der Waals surface area contributed by atoms with Crippen LogP contribution in [0.25, 0.3) is 0 Å². The van der Waals surface area contributed by atoms with E-state index in [2.05, 4.69) is 0 Å². The monoisotopic (exact) mass is 294 g/mol. The molecule has 100 valence electrons. The van der Waals surface area contributed by atoms with Crippen molar-refractivity contribution in [3.8, 4) is 5.75 Å². The molecule has 0 aromatic heterocycles. The minimum atomic E-state index is -0.179. The molecule has 3 heteroatoms. The van der Waals surface area contributed by atoms with E-state index in [1.54, 1.807) is 7.11 Å². The van der Waals surface area contributed by atoms with Gasteiger partial charge in [0.1, 0.15) is 5.75 Å². The van der Waals surface area contributed by atoms with Crippen LogP contribution >= 0.6 is 23.2 Å². The summed E-state index contributed by atoms with van der Waals surface area (Å²) in [5, 5.41) is 0.584. The van der Waals surface area contributed by atoms with Crippen LogP contribution in [0.2, 0.25) is 5.02 Å². The minimum absolute atomic E-state index is 0.179. The molecule has 0 spiro atoms. The third-order valence-electron chi connectivity index (χ3n) is 3.22. The molecule has 0 heterocycles. The van der Waals surface area contributed by atoms with Crippen molar-refractivity contribution in [3.63, 3.8) is 0 Å². The second-order valence-electron chi connectivity index (χ2n) is 4.59. The van der Waals surface area contributed by atoms with Crippen molar-refractivity contribution in [1.29, 1.82) is 0 Å². The normalized spacial score (nSPS) is 12.3. The van der Waals surface area contributed by atoms with Gasteiger partial charge in [0.2, 0.25) is 0 Å². The van der Waals surface area contributed by atoms with Crippen molar-refractivity contribution >= 4 is 23.2 Å². The van der Waals surface area contributed by atoms with Crippen LogP contribution in [-0.4, -0.2) is 7.11 Å². The lowest BCUT2D eigenvalue weighted by Crippen LogP contribution is -1.97. The van der Waals surface area contributed by atoms with Crippen LogP contribution in [0.5, 0.6) is 5.75 Å². The number of benzene rings is 2. The highest BCUT2D eigenvalue weighted by atomic mass is 35.5. The van der Waals surface area contributed by atoms with E-state index in [4.69, 9.17) is 27.9 Å². The molecule has 0 radical (unpaired) electrons. The van der Waals surface area contributed by atoms with Crippen molar-refractivity contribution < 1.29 is 4.74 Å². The number of rotatable bonds is 3. The highest BCUT2D eigenvalue weighted by Gasteiger charge is 2.14. The van der Waals surface area contributed by atoms with Crippen molar-refractivity contribution in [2.75, 3.05) is 7.11 Å². The topological polar surface area (TPSA) is 9.23 Å². The minimum Gasteiger partial charge on any atom is -0.497 e. The summed E-state index contributed by atoms with van der Waals surface area (Å²) in [7, 11) is 1.66. The summed E-state index contributed by atoms with van der Waals surface area (Å²) < 4.78 is 5.21. The predicted molar refractivity (Wildman–Crippen MR) is 81.6 cm³/mol. The van der Waals surface area contributed by atoms with Crippen LogP contribution in [0.1, 0.15) is 27.6 Å². The molecule has 0 aliphatic heterocycles. The SMILES string of the molecule is COc1ccc(C(Cl)c2ccc(Cl)c(C)c2)c(C)c1. The average Bonchev–Trinajstić information content (AvgIpc) is 2.41. The zero-order chi connectivity index (χ0) is 14.0. The summed E-state index contributed by atoms with van der Waals surface area (Å²) in [6.45, 7) is 4.02. The maximum Gasteiger partial charge on any atom is 0.119 e. The lowest BCUT2D eigenvalue weighted by molar-refractivity contribution is 0.414. The number of methoxy groups -OCH3 is 1. The van der Waals surface area contributed by atoms with Crippen molar-refractivity contribution in [2.24, 2.45) is 0 Å². The number of ether oxygens (including phenoxy) is 1. The largest absolute Gasteiger partial charge is 0.497 e. The molecule has 1 unspecified atom stereocenters. The Morgan fingerprint density at radius 3 is 2.32 bits per heavy atom. The van der Waals surface area contributed by atoms with Crippen LogP contribution in [-0.2, 0) is 0 Å². The number of aryl methyl sites for hydroxylation is 2. The fraction of sp³-hybridized carbons (Fsp3) is 0.250. The molecule has 0 fully saturated rings. The van der Waals surface area contributed by atoms with Crippen molar-refractivity contribution in [2.45, 2.75) is 19.2 Å². The smallest absolute Gasteiger partial charge is 0.119 e. The second-order valence-corrected chi connectivity index (χ2v) is 5.44. The fourth-order valence-electron chi connectivity index (χ4n) is 2.06. The standard InChI is InChI=1S/C16H16Cl2O/c1-10-9-13(19-3)5-6-14(10)16(18)12-4-7-15(17)11(2)8-12/h4-9,16H,1-3H3. The molecule has 1 nitrogen and oxygen atoms in total. The maximum atomic E-state index is 6.57. The van der Waals surface area contributed by atoms with E-state index in [0.29, 0.717) is 0 Å². The first-order valence-corrected chi connectivity index (χ1v) is 6.89. The Labute approximate surface area is 124 Å². The van der Waals surface area contributed by atoms with E-state index in [9.17, 15) is 0 Å². The van der Waals surface area contributed by atoms with Crippen molar-refractivity contribution in [3.05, 3.63) is 63.7 Å². The zero-order valence-corrected chi connectivity index (χ0v) is 12.7. The molecule has 0 saturated carbocycles. The van der Waals surface area contributed by atoms with Gasteiger partial charge in [-0.15, -0.1) is 11.6 Å². The molecule has 0 saturated heterocycles. The Morgan fingerprint density at radius 2 is 1.74 bits per heavy atom. The molecule has 2 aromatic rings. The average molecular weight is 295 g/mol. The third-order valence-corrected chi connectivity index (χ3v) is 4.14. The van der Waals surface area contributed by atoms with Gasteiger partial charge in [0.15, 0.2) is 0 Å². The number of halogens is 2. The lowest BCUT2D eigenvalue weighted by atomic mass is 9.98. The molecule has 0 N–H and O–H groups in total. The molecule has 0 bridgehead atoms. The first-order chi connectivity index (χ1) is 9.02. The number of hydrogen-bond acceptors (Lipinski definition) is 1. The van der Waals surface area contributed by atoms with Crippen LogP contribution in [0.4, 0.5) is 0 Å². The summed E-state index contributed by atoms with van der Waals surface area (Å²) >= 11 is 12.6. The van der Waals surface area contributed by atoms with Crippen LogP contribution in [0, 0.1) is 13.8 Å². The molecule has 0 aliphatic carbocycles. The van der Waals surface area contributed by atoms with Gasteiger partial charge in [-0.05, 0) is 54.3 Å². The third kappa shape index (κ3) is 3.05. The Balaban J connectivity index is 2.38. The zero-order valence-electron chi connectivity index (χ0n) is 11.2. The van der Waals surface area contributed by atoms with Gasteiger partial charge >= 0.3 is 0 Å². The first-order valence-electron chi connectivity index (χ1n) is 6.07. The molecule has 2 rings (SSSR count). The Kier molecular flexibility index (Phi) is 4.38. The van der Waals surface area contributed by atoms with E-state index in [1.807, 2.05) is 50.2 Å². The highest BCUT2D eigenvalue weighted by Crippen LogP contribution is 2.34. The van der Waals surface area contributed by atoms with Gasteiger partial charge < -0.3 is 4.74 Å². The van der Waals surface area contributed by atoms with Gasteiger partial charge in [0, 0.05) is 5.02 Å². The Bertz CT molecular complexity index is 593. The van der Waals surface area contributed by atoms with E-state index in [-0.39, 0.29) is 5.38 Å². The second kappa shape index (κ2) is 5.85. The quantitative estimate of drug-likeness (QED) is 0.699. The summed E-state index contributed by atoms with van der Waals surface area (Å²) in [6, 6.07) is 11.8. The van der Waals surface area contributed by atoms with Crippen LogP contribution in [0.3, 0.4) is 0 Å². The molecule has 0 aliphatic rings. The number of hydrogen-bond donors (Lipinski definition) is 0. The fourth-order valence-corrected chi connectivity index (χ4v) is 2.56. The maximum absolute atomic E-state index is 6.57. The lowest BCUT2D eigenvalue weighted by Gasteiger charge is -2.15. The summed E-state index contributed by atoms with van der Waals surface area (Å²) in [5.41, 5.74) is 4.30. The number of alkyl halides is 1. The molecule has 2 aromatic carbocycles. The van der Waals surface area contributed by atoms with E-state index >= 15 is 0 Å². The van der Waals surface area contributed by atoms with Gasteiger partial charge in [0.25, 0.3) is 0 Å². The van der Waals surface area contributed by atoms with E-state index in [0.717, 1.165) is 33.0 Å². The van der Waals surface area contributed by atoms with Gasteiger partial charge in [-0.2, -0.15) is 0 Å². The molecule has 1 atom stereocenters. The summed E-state index contributed by atoms with van der Waals surface area (Å²) in [5.74, 6) is 0.845. The van der Waals surface area contributed by atoms with Gasteiger partial charge in [-0.1, -0.05) is 29.8 Å². The van der Waals surface area contributed by atoms with Crippen molar-refractivity contribution in [1.82, 2.24) is 0 Å². The van der Waals surface area contributed by atoms with Gasteiger partial charge in [-0.3, -0.25) is 0 Å². The summed E-state index contributed by atoms with van der Waals surface area (Å²) in [4.78, 5) is 0. The molecular weight excluding hydrogens is 279 g/mol. The van der Waals surface area contributed by atoms with Gasteiger partial charge in [0.05, 0.1) is 12.5 Å². The molecular formula is C16H16Cl2O. The molecule has 19 heavy (non-hydrogen) atoms. The van der Waals surface area contributed by atoms with Crippen LogP contribution in [0.15, 0.2) is 36.4 Å². The predicted octanol–water partition coefficient (Wildman–Crippen LogP) is 5.29. The van der Waals surface area contributed by atoms with Gasteiger partial charge in [-0.25, -0.2) is 0 Å². The Morgan fingerprint density at radius 1 is 1.00 bits per heavy atom. The van der Waals surface area contributed by atoms with Crippen LogP contribution < -0.4 is 4.74 Å². The molecule has 0 amide bonds. The highest BCUT2D eigenvalue weighted by molar-refractivity contribution is 6.31. The Hall–Kier alpha value is -1.18. The first kappa shape index (κ1) is 14.2. The van der Waals surface area contributed by atoms with E-state index < -0.39 is 0 Å². The summed E-state index contributed by atoms with van der Waals surface area (Å²) in [6.07, 6.45) is 0.